The number of aliphatic carboxylic acids is 1. The SMILES string of the molecule is CSCCC(NC(=O)C(CCCCN)NC(=O)C(N)C(C)O)C(=O)NC(Cc1ccccc1)C(=O)O. The molecule has 0 aliphatic heterocycles. The van der Waals surface area contributed by atoms with Crippen molar-refractivity contribution in [2.45, 2.75) is 69.3 Å². The molecule has 1 aromatic carbocycles. The highest BCUT2D eigenvalue weighted by atomic mass is 32.2. The molecule has 1 aromatic rings. The number of nitrogens with one attached hydrogen (secondary N) is 3. The van der Waals surface area contributed by atoms with E-state index in [1.807, 2.05) is 12.3 Å². The van der Waals surface area contributed by atoms with Crippen LogP contribution in [0.4, 0.5) is 0 Å². The normalized spacial score (nSPS) is 15.1. The van der Waals surface area contributed by atoms with Gasteiger partial charge >= 0.3 is 5.97 Å². The summed E-state index contributed by atoms with van der Waals surface area (Å²) in [5, 5.41) is 27.0. The number of hydrogen-bond donors (Lipinski definition) is 7. The second-order valence-corrected chi connectivity index (χ2v) is 9.53. The fourth-order valence-corrected chi connectivity index (χ4v) is 3.82. The third-order valence-corrected chi connectivity index (χ3v) is 6.19. The molecule has 5 unspecified atom stereocenters. The number of rotatable bonds is 17. The average molecular weight is 526 g/mol. The van der Waals surface area contributed by atoms with Crippen molar-refractivity contribution in [3.63, 3.8) is 0 Å². The largest absolute Gasteiger partial charge is 0.480 e. The summed E-state index contributed by atoms with van der Waals surface area (Å²) in [6, 6.07) is 4.48. The number of unbranched alkanes of at least 4 members (excludes halogenated alkanes) is 1. The molecule has 0 saturated carbocycles. The molecule has 0 aliphatic rings. The molecule has 0 aliphatic carbocycles. The minimum absolute atomic E-state index is 0.0834. The van der Waals surface area contributed by atoms with Crippen LogP contribution in [0.15, 0.2) is 30.3 Å². The van der Waals surface area contributed by atoms with Gasteiger partial charge in [-0.05, 0) is 56.7 Å². The molecule has 0 spiro atoms. The molecule has 0 aromatic heterocycles. The molecule has 0 heterocycles. The molecule has 0 saturated heterocycles. The van der Waals surface area contributed by atoms with Crippen molar-refractivity contribution >= 4 is 35.5 Å². The number of carbonyl (C=O) groups is 4. The van der Waals surface area contributed by atoms with Crippen LogP contribution in [0.25, 0.3) is 0 Å². The second-order valence-electron chi connectivity index (χ2n) is 8.54. The smallest absolute Gasteiger partial charge is 0.326 e. The summed E-state index contributed by atoms with van der Waals surface area (Å²) in [5.74, 6) is -2.59. The Labute approximate surface area is 216 Å². The zero-order valence-corrected chi connectivity index (χ0v) is 21.6. The number of thioether (sulfide) groups is 1. The highest BCUT2D eigenvalue weighted by molar-refractivity contribution is 7.98. The molecule has 202 valence electrons. The summed E-state index contributed by atoms with van der Waals surface area (Å²) in [4.78, 5) is 50.3. The van der Waals surface area contributed by atoms with Crippen LogP contribution in [0.5, 0.6) is 0 Å². The fourth-order valence-electron chi connectivity index (χ4n) is 3.35. The molecule has 5 atom stereocenters. The molecule has 0 fully saturated rings. The number of carboxylic acid groups (broad SMARTS) is 1. The van der Waals surface area contributed by atoms with Crippen molar-refractivity contribution in [3.05, 3.63) is 35.9 Å². The summed E-state index contributed by atoms with van der Waals surface area (Å²) >= 11 is 1.47. The first-order chi connectivity index (χ1) is 17.1. The van der Waals surface area contributed by atoms with Gasteiger partial charge in [-0.15, -0.1) is 0 Å². The topological polar surface area (TPSA) is 197 Å². The molecule has 11 nitrogen and oxygen atoms in total. The predicted octanol–water partition coefficient (Wildman–Crippen LogP) is -0.642. The van der Waals surface area contributed by atoms with E-state index in [9.17, 15) is 29.4 Å². The van der Waals surface area contributed by atoms with E-state index >= 15 is 0 Å². The van der Waals surface area contributed by atoms with Crippen molar-refractivity contribution in [2.24, 2.45) is 11.5 Å². The van der Waals surface area contributed by atoms with Gasteiger partial charge in [-0.25, -0.2) is 4.79 Å². The van der Waals surface area contributed by atoms with E-state index in [0.717, 1.165) is 5.56 Å². The van der Waals surface area contributed by atoms with Crippen molar-refractivity contribution < 1.29 is 29.4 Å². The van der Waals surface area contributed by atoms with Crippen LogP contribution in [0.3, 0.4) is 0 Å². The predicted molar refractivity (Wildman–Crippen MR) is 139 cm³/mol. The number of nitrogens with two attached hydrogens (primary N) is 2. The zero-order chi connectivity index (χ0) is 27.1. The summed E-state index contributed by atoms with van der Waals surface area (Å²) in [7, 11) is 0. The Morgan fingerprint density at radius 2 is 1.47 bits per heavy atom. The Kier molecular flexibility index (Phi) is 14.7. The lowest BCUT2D eigenvalue weighted by molar-refractivity contribution is -0.142. The first-order valence-electron chi connectivity index (χ1n) is 11.9. The molecule has 1 rings (SSSR count). The molecule has 0 bridgehead atoms. The van der Waals surface area contributed by atoms with E-state index < -0.39 is 54.0 Å². The van der Waals surface area contributed by atoms with E-state index in [4.69, 9.17) is 11.5 Å². The van der Waals surface area contributed by atoms with Gasteiger partial charge in [0.1, 0.15) is 24.2 Å². The van der Waals surface area contributed by atoms with Crippen LogP contribution in [0.1, 0.15) is 38.2 Å². The van der Waals surface area contributed by atoms with E-state index in [1.165, 1.54) is 18.7 Å². The third-order valence-electron chi connectivity index (χ3n) is 5.54. The van der Waals surface area contributed by atoms with Crippen molar-refractivity contribution in [1.82, 2.24) is 16.0 Å². The Morgan fingerprint density at radius 3 is 2.00 bits per heavy atom. The van der Waals surface area contributed by atoms with Gasteiger partial charge in [-0.3, -0.25) is 14.4 Å². The highest BCUT2D eigenvalue weighted by Gasteiger charge is 2.30. The Morgan fingerprint density at radius 1 is 0.917 bits per heavy atom. The molecular formula is C24H39N5O6S. The van der Waals surface area contributed by atoms with Gasteiger partial charge in [0.2, 0.25) is 17.7 Å². The monoisotopic (exact) mass is 525 g/mol. The van der Waals surface area contributed by atoms with Gasteiger partial charge in [0, 0.05) is 6.42 Å². The number of hydrogen-bond acceptors (Lipinski definition) is 8. The quantitative estimate of drug-likeness (QED) is 0.129. The van der Waals surface area contributed by atoms with E-state index in [2.05, 4.69) is 16.0 Å². The van der Waals surface area contributed by atoms with Gasteiger partial charge in [0.05, 0.1) is 6.10 Å². The van der Waals surface area contributed by atoms with E-state index in [1.54, 1.807) is 24.3 Å². The molecule has 3 amide bonds. The molecule has 0 radical (unpaired) electrons. The first kappa shape index (κ1) is 31.4. The van der Waals surface area contributed by atoms with Crippen LogP contribution in [0.2, 0.25) is 0 Å². The Balaban J connectivity index is 2.98. The zero-order valence-electron chi connectivity index (χ0n) is 20.8. The minimum atomic E-state index is -1.22. The lowest BCUT2D eigenvalue weighted by atomic mass is 10.0. The molecule has 12 heteroatoms. The summed E-state index contributed by atoms with van der Waals surface area (Å²) in [6.07, 6.45) is 2.49. The maximum absolute atomic E-state index is 13.1. The van der Waals surface area contributed by atoms with Crippen LogP contribution >= 0.6 is 11.8 Å². The Hall–Kier alpha value is -2.67. The fraction of sp³-hybridized carbons (Fsp3) is 0.583. The van der Waals surface area contributed by atoms with Crippen LogP contribution in [-0.4, -0.2) is 82.7 Å². The maximum atomic E-state index is 13.1. The van der Waals surface area contributed by atoms with E-state index in [0.29, 0.717) is 25.1 Å². The molecule has 9 N–H and O–H groups in total. The number of carbonyl (C=O) groups excluding carboxylic acids is 3. The van der Waals surface area contributed by atoms with Crippen molar-refractivity contribution in [3.8, 4) is 0 Å². The average Bonchev–Trinajstić information content (AvgIpc) is 2.85. The lowest BCUT2D eigenvalue weighted by Crippen LogP contribution is -2.58. The van der Waals surface area contributed by atoms with Gasteiger partial charge in [-0.1, -0.05) is 30.3 Å². The third kappa shape index (κ3) is 11.4. The molecule has 36 heavy (non-hydrogen) atoms. The number of amides is 3. The summed E-state index contributed by atoms with van der Waals surface area (Å²) in [6.45, 7) is 1.77. The van der Waals surface area contributed by atoms with Crippen molar-refractivity contribution in [1.29, 1.82) is 0 Å². The minimum Gasteiger partial charge on any atom is -0.480 e. The molecular weight excluding hydrogens is 486 g/mol. The van der Waals surface area contributed by atoms with Gasteiger partial charge in [0.15, 0.2) is 0 Å². The Bertz CT molecular complexity index is 842. The number of aliphatic hydroxyl groups is 1. The summed E-state index contributed by atoms with van der Waals surface area (Å²) in [5.41, 5.74) is 12.0. The lowest BCUT2D eigenvalue weighted by Gasteiger charge is -2.25. The standard InChI is InChI=1S/C24H39N5O6S/c1-15(30)20(26)23(33)28-17(10-6-7-12-25)21(31)27-18(11-13-36-2)22(32)29-19(24(34)35)14-16-8-4-3-5-9-16/h3-5,8-9,15,17-20,30H,6-7,10-14,25-26H2,1-2H3,(H,27,31)(H,28,33)(H,29,32)(H,34,35). The highest BCUT2D eigenvalue weighted by Crippen LogP contribution is 2.08. The van der Waals surface area contributed by atoms with Crippen molar-refractivity contribution in [2.75, 3.05) is 18.6 Å². The first-order valence-corrected chi connectivity index (χ1v) is 13.3. The van der Waals surface area contributed by atoms with Gasteiger partial charge in [-0.2, -0.15) is 11.8 Å². The van der Waals surface area contributed by atoms with Crippen LogP contribution in [0, 0.1) is 0 Å². The van der Waals surface area contributed by atoms with Gasteiger partial charge < -0.3 is 37.6 Å². The number of carboxylic acids is 1. The van der Waals surface area contributed by atoms with Crippen LogP contribution in [-0.2, 0) is 25.6 Å². The van der Waals surface area contributed by atoms with Gasteiger partial charge in [0.25, 0.3) is 0 Å². The maximum Gasteiger partial charge on any atom is 0.326 e. The number of benzene rings is 1. The van der Waals surface area contributed by atoms with E-state index in [-0.39, 0.29) is 19.3 Å². The second kappa shape index (κ2) is 16.9. The van der Waals surface area contributed by atoms with Crippen LogP contribution < -0.4 is 27.4 Å². The summed E-state index contributed by atoms with van der Waals surface area (Å²) < 4.78 is 0. The number of aliphatic hydroxyl groups excluding tert-OH is 1.